The van der Waals surface area contributed by atoms with Crippen molar-refractivity contribution >= 4 is 17.4 Å². The number of hydrogen-bond acceptors (Lipinski definition) is 6. The molecule has 4 heterocycles. The maximum absolute atomic E-state index is 12.5. The Kier molecular flexibility index (Phi) is 4.52. The minimum Gasteiger partial charge on any atom is -0.378 e. The van der Waals surface area contributed by atoms with E-state index in [-0.39, 0.29) is 12.0 Å². The monoisotopic (exact) mass is 344 g/mol. The summed E-state index contributed by atoms with van der Waals surface area (Å²) in [5, 5.41) is 4.45. The number of piperazine rings is 1. The minimum atomic E-state index is 0.107. The summed E-state index contributed by atoms with van der Waals surface area (Å²) in [4.78, 5) is 25.3. The van der Waals surface area contributed by atoms with Crippen molar-refractivity contribution in [3.8, 4) is 0 Å². The summed E-state index contributed by atoms with van der Waals surface area (Å²) in [5.74, 6) is 1.87. The molecular weight excluding hydrogens is 320 g/mol. The Morgan fingerprint density at radius 3 is 2.84 bits per heavy atom. The van der Waals surface area contributed by atoms with Gasteiger partial charge in [0.05, 0.1) is 24.9 Å². The van der Waals surface area contributed by atoms with Crippen molar-refractivity contribution in [2.75, 3.05) is 37.7 Å². The summed E-state index contributed by atoms with van der Waals surface area (Å²) in [6.07, 6.45) is 7.44. The van der Waals surface area contributed by atoms with E-state index < -0.39 is 0 Å². The van der Waals surface area contributed by atoms with Crippen LogP contribution in [0.2, 0.25) is 0 Å². The third-order valence-electron chi connectivity index (χ3n) is 4.97. The Labute approximate surface area is 146 Å². The zero-order chi connectivity index (χ0) is 17.2. The van der Waals surface area contributed by atoms with Gasteiger partial charge in [0.2, 0.25) is 5.91 Å². The van der Waals surface area contributed by atoms with Crippen LogP contribution in [0.1, 0.15) is 31.5 Å². The van der Waals surface area contributed by atoms with Crippen LogP contribution in [0.3, 0.4) is 0 Å². The number of anilines is 1. The molecule has 0 N–H and O–H groups in total. The lowest BCUT2D eigenvalue weighted by molar-refractivity contribution is -0.135. The first kappa shape index (κ1) is 16.3. The molecule has 2 aromatic heterocycles. The Hall–Kier alpha value is -2.22. The number of fused-ring (bicyclic) bond motifs is 1. The second kappa shape index (κ2) is 6.95. The summed E-state index contributed by atoms with van der Waals surface area (Å²) >= 11 is 0. The van der Waals surface area contributed by atoms with Crippen LogP contribution in [0.25, 0.3) is 5.65 Å². The first-order chi connectivity index (χ1) is 12.2. The van der Waals surface area contributed by atoms with E-state index in [0.29, 0.717) is 6.42 Å². The molecule has 0 aromatic carbocycles. The fraction of sp³-hybridized carbons (Fsp3) is 0.647. The van der Waals surface area contributed by atoms with Crippen molar-refractivity contribution in [2.24, 2.45) is 0 Å². The van der Waals surface area contributed by atoms with Gasteiger partial charge in [-0.05, 0) is 26.2 Å². The standard InChI is InChI=1S/C17H24N6O2/c1-13-19-15-11-18-12-16(23(15)20-13)21-5-7-22(8-6-21)17(24)10-14-4-2-3-9-25-14/h11-12,14H,2-10H2,1H3/t14-/m1/s1. The van der Waals surface area contributed by atoms with Crippen LogP contribution in [-0.4, -0.2) is 69.3 Å². The highest BCUT2D eigenvalue weighted by molar-refractivity contribution is 5.77. The Bertz CT molecular complexity index is 747. The Morgan fingerprint density at radius 1 is 1.24 bits per heavy atom. The molecule has 1 amide bonds. The first-order valence-electron chi connectivity index (χ1n) is 9.02. The van der Waals surface area contributed by atoms with Gasteiger partial charge in [-0.3, -0.25) is 9.78 Å². The van der Waals surface area contributed by atoms with Gasteiger partial charge in [-0.25, -0.2) is 4.98 Å². The molecule has 2 aliphatic heterocycles. The van der Waals surface area contributed by atoms with Gasteiger partial charge in [-0.1, -0.05) is 0 Å². The summed E-state index contributed by atoms with van der Waals surface area (Å²) in [6.45, 7) is 5.65. The van der Waals surface area contributed by atoms with Gasteiger partial charge in [0.15, 0.2) is 11.5 Å². The molecule has 1 atom stereocenters. The van der Waals surface area contributed by atoms with Crippen LogP contribution in [0.5, 0.6) is 0 Å². The third-order valence-corrected chi connectivity index (χ3v) is 4.97. The maximum Gasteiger partial charge on any atom is 0.225 e. The zero-order valence-electron chi connectivity index (χ0n) is 14.6. The van der Waals surface area contributed by atoms with Crippen molar-refractivity contribution in [3.05, 3.63) is 18.2 Å². The molecule has 134 valence electrons. The molecule has 8 heteroatoms. The smallest absolute Gasteiger partial charge is 0.225 e. The minimum absolute atomic E-state index is 0.107. The lowest BCUT2D eigenvalue weighted by Crippen LogP contribution is -2.50. The van der Waals surface area contributed by atoms with Crippen molar-refractivity contribution in [1.82, 2.24) is 24.5 Å². The number of carbonyl (C=O) groups excluding carboxylic acids is 1. The molecule has 0 spiro atoms. The van der Waals surface area contributed by atoms with E-state index in [1.54, 1.807) is 6.20 Å². The van der Waals surface area contributed by atoms with Crippen molar-refractivity contribution in [1.29, 1.82) is 0 Å². The van der Waals surface area contributed by atoms with Crippen LogP contribution >= 0.6 is 0 Å². The van der Waals surface area contributed by atoms with Crippen molar-refractivity contribution in [2.45, 2.75) is 38.7 Å². The fourth-order valence-corrected chi connectivity index (χ4v) is 3.60. The van der Waals surface area contributed by atoms with E-state index in [1.165, 1.54) is 6.42 Å². The molecule has 0 aliphatic carbocycles. The second-order valence-corrected chi connectivity index (χ2v) is 6.76. The average Bonchev–Trinajstić information content (AvgIpc) is 3.03. The van der Waals surface area contributed by atoms with E-state index in [9.17, 15) is 4.79 Å². The third kappa shape index (κ3) is 3.44. The van der Waals surface area contributed by atoms with Crippen molar-refractivity contribution in [3.63, 3.8) is 0 Å². The fourth-order valence-electron chi connectivity index (χ4n) is 3.60. The molecule has 4 rings (SSSR count). The topological polar surface area (TPSA) is 75.9 Å². The van der Waals surface area contributed by atoms with Crippen LogP contribution in [0.15, 0.2) is 12.4 Å². The largest absolute Gasteiger partial charge is 0.378 e. The summed E-state index contributed by atoms with van der Waals surface area (Å²) in [6, 6.07) is 0. The number of aromatic nitrogens is 4. The van der Waals surface area contributed by atoms with Crippen LogP contribution in [0, 0.1) is 6.92 Å². The summed E-state index contributed by atoms with van der Waals surface area (Å²) in [7, 11) is 0. The van der Waals surface area contributed by atoms with Gasteiger partial charge in [0, 0.05) is 32.8 Å². The predicted molar refractivity (Wildman–Crippen MR) is 92.5 cm³/mol. The molecule has 0 bridgehead atoms. The van der Waals surface area contributed by atoms with Gasteiger partial charge < -0.3 is 14.5 Å². The highest BCUT2D eigenvalue weighted by Gasteiger charge is 2.26. The second-order valence-electron chi connectivity index (χ2n) is 6.76. The zero-order valence-corrected chi connectivity index (χ0v) is 14.6. The summed E-state index contributed by atoms with van der Waals surface area (Å²) in [5.41, 5.74) is 0.753. The van der Waals surface area contributed by atoms with E-state index in [1.807, 2.05) is 22.5 Å². The number of amides is 1. The lowest BCUT2D eigenvalue weighted by atomic mass is 10.1. The molecule has 2 aromatic rings. The average molecular weight is 344 g/mol. The number of hydrogen-bond donors (Lipinski definition) is 0. The molecule has 0 radical (unpaired) electrons. The van der Waals surface area contributed by atoms with Crippen LogP contribution < -0.4 is 4.90 Å². The number of nitrogens with zero attached hydrogens (tertiary/aromatic N) is 6. The molecule has 0 saturated carbocycles. The lowest BCUT2D eigenvalue weighted by Gasteiger charge is -2.36. The summed E-state index contributed by atoms with van der Waals surface area (Å²) < 4.78 is 7.52. The van der Waals surface area contributed by atoms with E-state index in [2.05, 4.69) is 20.0 Å². The predicted octanol–water partition coefficient (Wildman–Crippen LogP) is 1.04. The van der Waals surface area contributed by atoms with Gasteiger partial charge in [0.25, 0.3) is 0 Å². The van der Waals surface area contributed by atoms with Crippen LogP contribution in [0.4, 0.5) is 5.82 Å². The molecule has 2 fully saturated rings. The molecule has 2 aliphatic rings. The number of rotatable bonds is 3. The highest BCUT2D eigenvalue weighted by Crippen LogP contribution is 2.19. The molecule has 0 unspecified atom stereocenters. The van der Waals surface area contributed by atoms with Gasteiger partial charge in [-0.15, -0.1) is 5.10 Å². The van der Waals surface area contributed by atoms with Crippen molar-refractivity contribution < 1.29 is 9.53 Å². The molecule has 25 heavy (non-hydrogen) atoms. The Morgan fingerprint density at radius 2 is 2.08 bits per heavy atom. The number of ether oxygens (including phenoxy) is 1. The van der Waals surface area contributed by atoms with E-state index in [4.69, 9.17) is 4.74 Å². The molecular formula is C17H24N6O2. The van der Waals surface area contributed by atoms with E-state index >= 15 is 0 Å². The molecule has 2 saturated heterocycles. The molecule has 8 nitrogen and oxygen atoms in total. The van der Waals surface area contributed by atoms with Gasteiger partial charge >= 0.3 is 0 Å². The normalized spacial score (nSPS) is 21.7. The number of aryl methyl sites for hydroxylation is 1. The van der Waals surface area contributed by atoms with Gasteiger partial charge in [-0.2, -0.15) is 4.52 Å². The van der Waals surface area contributed by atoms with Gasteiger partial charge in [0.1, 0.15) is 5.82 Å². The van der Waals surface area contributed by atoms with Crippen LogP contribution in [-0.2, 0) is 9.53 Å². The maximum atomic E-state index is 12.5. The first-order valence-corrected chi connectivity index (χ1v) is 9.02. The van der Waals surface area contributed by atoms with E-state index in [0.717, 1.165) is 62.9 Å². The highest BCUT2D eigenvalue weighted by atomic mass is 16.5. The number of carbonyl (C=O) groups is 1. The quantitative estimate of drug-likeness (QED) is 0.828. The Balaban J connectivity index is 1.38. The SMILES string of the molecule is Cc1nc2cncc(N3CCN(C(=O)C[C@H]4CCCCO4)CC3)n2n1.